The van der Waals surface area contributed by atoms with Crippen LogP contribution in [0.4, 0.5) is 22.2 Å². The highest BCUT2D eigenvalue weighted by molar-refractivity contribution is 7.89. The number of carbonyl (C=O) groups excluding carboxylic acids is 1. The molecule has 4 atom stereocenters. The van der Waals surface area contributed by atoms with Gasteiger partial charge in [0.2, 0.25) is 16.0 Å². The molecule has 3 aliphatic heterocycles. The van der Waals surface area contributed by atoms with Crippen LogP contribution in [0.5, 0.6) is 0 Å². The zero-order chi connectivity index (χ0) is 30.4. The van der Waals surface area contributed by atoms with E-state index in [-0.39, 0.29) is 42.6 Å². The van der Waals surface area contributed by atoms with Crippen molar-refractivity contribution in [2.45, 2.75) is 82.4 Å². The maximum absolute atomic E-state index is 12.5. The van der Waals surface area contributed by atoms with E-state index >= 15 is 0 Å². The second-order valence-corrected chi connectivity index (χ2v) is 14.9. The van der Waals surface area contributed by atoms with Crippen LogP contribution >= 0.6 is 11.6 Å². The molecule has 0 aromatic carbocycles. The fourth-order valence-electron chi connectivity index (χ4n) is 5.67. The van der Waals surface area contributed by atoms with Gasteiger partial charge in [0.1, 0.15) is 22.8 Å². The molecule has 0 spiro atoms. The Morgan fingerprint density at radius 2 is 1.79 bits per heavy atom. The van der Waals surface area contributed by atoms with Crippen LogP contribution < -0.4 is 15.4 Å². The summed E-state index contributed by atoms with van der Waals surface area (Å²) in [5, 5.41) is 11.3. The molecule has 1 saturated carbocycles. The van der Waals surface area contributed by atoms with E-state index in [9.17, 15) is 13.2 Å². The summed E-state index contributed by atoms with van der Waals surface area (Å²) in [6.07, 6.45) is 7.53. The first-order valence-corrected chi connectivity index (χ1v) is 16.8. The monoisotopic (exact) mass is 638 g/mol. The molecule has 43 heavy (non-hydrogen) atoms. The van der Waals surface area contributed by atoms with Crippen molar-refractivity contribution in [2.75, 3.05) is 42.7 Å². The summed E-state index contributed by atoms with van der Waals surface area (Å²) < 4.78 is 47.1. The molecule has 2 aromatic rings. The second-order valence-electron chi connectivity index (χ2n) is 12.7. The maximum atomic E-state index is 12.5. The highest BCUT2D eigenvalue weighted by Crippen LogP contribution is 2.33. The van der Waals surface area contributed by atoms with E-state index in [1.165, 1.54) is 6.20 Å². The number of likely N-dealkylation sites (tertiary alicyclic amines) is 1. The molecule has 0 bridgehead atoms. The number of fused-ring (bicyclic) bond motifs is 1. The van der Waals surface area contributed by atoms with Crippen molar-refractivity contribution in [2.24, 2.45) is 5.92 Å². The van der Waals surface area contributed by atoms with Crippen LogP contribution in [0.3, 0.4) is 0 Å². The number of hydrogen-bond donors (Lipinski definition) is 3. The van der Waals surface area contributed by atoms with Gasteiger partial charge in [-0.15, -0.1) is 0 Å². The number of hydrogen-bond acceptors (Lipinski definition) is 11. The van der Waals surface area contributed by atoms with Crippen LogP contribution in [0.15, 0.2) is 18.6 Å². The maximum Gasteiger partial charge on any atom is 0.410 e. The highest BCUT2D eigenvalue weighted by Gasteiger charge is 2.49. The molecular weight excluding hydrogens is 600 g/mol. The van der Waals surface area contributed by atoms with Gasteiger partial charge in [0.05, 0.1) is 55.2 Å². The first kappa shape index (κ1) is 30.3. The van der Waals surface area contributed by atoms with E-state index < -0.39 is 27.8 Å². The van der Waals surface area contributed by atoms with Crippen molar-refractivity contribution in [3.8, 4) is 0 Å². The molecular formula is C27H39ClN8O6S. The number of halogens is 1. The van der Waals surface area contributed by atoms with Gasteiger partial charge in [0.25, 0.3) is 0 Å². The lowest BCUT2D eigenvalue weighted by Gasteiger charge is -2.33. The van der Waals surface area contributed by atoms with Crippen LogP contribution in [0, 0.1) is 5.92 Å². The first-order chi connectivity index (χ1) is 20.4. The Morgan fingerprint density at radius 3 is 2.49 bits per heavy atom. The Labute approximate surface area is 256 Å². The van der Waals surface area contributed by atoms with E-state index in [2.05, 4.69) is 30.4 Å². The van der Waals surface area contributed by atoms with Crippen molar-refractivity contribution >= 4 is 45.2 Å². The number of amides is 1. The van der Waals surface area contributed by atoms with Gasteiger partial charge in [-0.2, -0.15) is 10.1 Å². The Balaban J connectivity index is 1.03. The fraction of sp³-hybridized carbons (Fsp3) is 0.704. The van der Waals surface area contributed by atoms with E-state index in [1.807, 2.05) is 31.6 Å². The molecule has 1 amide bonds. The van der Waals surface area contributed by atoms with Gasteiger partial charge in [-0.3, -0.25) is 4.68 Å². The lowest BCUT2D eigenvalue weighted by Crippen LogP contribution is -2.45. The number of aromatic nitrogens is 4. The molecule has 2 unspecified atom stereocenters. The van der Waals surface area contributed by atoms with Crippen molar-refractivity contribution < 1.29 is 27.4 Å². The van der Waals surface area contributed by atoms with Crippen LogP contribution in [0.2, 0.25) is 5.02 Å². The summed E-state index contributed by atoms with van der Waals surface area (Å²) in [6, 6.07) is -0.543. The molecule has 16 heteroatoms. The normalized spacial score (nSPS) is 26.4. The lowest BCUT2D eigenvalue weighted by atomic mass is 10.1. The van der Waals surface area contributed by atoms with Crippen molar-refractivity contribution in [3.05, 3.63) is 23.6 Å². The number of carbonyl (C=O) groups is 1. The minimum Gasteiger partial charge on any atom is -0.444 e. The van der Waals surface area contributed by atoms with Crippen LogP contribution in [0.25, 0.3) is 0 Å². The molecule has 4 aliphatic rings. The van der Waals surface area contributed by atoms with E-state index in [4.69, 9.17) is 25.8 Å². The Morgan fingerprint density at radius 1 is 1.09 bits per heavy atom. The predicted octanol–water partition coefficient (Wildman–Crippen LogP) is 2.92. The topological polar surface area (TPSA) is 162 Å². The number of piperidine rings is 1. The minimum atomic E-state index is -3.38. The lowest BCUT2D eigenvalue weighted by molar-refractivity contribution is 0.0184. The van der Waals surface area contributed by atoms with E-state index in [0.29, 0.717) is 42.2 Å². The third-order valence-corrected chi connectivity index (χ3v) is 9.80. The summed E-state index contributed by atoms with van der Waals surface area (Å²) >= 11 is 6.42. The van der Waals surface area contributed by atoms with Crippen LogP contribution in [-0.4, -0.2) is 101 Å². The molecule has 4 fully saturated rings. The minimum absolute atomic E-state index is 0.154. The summed E-state index contributed by atoms with van der Waals surface area (Å²) in [4.78, 5) is 23.0. The molecule has 236 valence electrons. The van der Waals surface area contributed by atoms with Crippen molar-refractivity contribution in [3.63, 3.8) is 0 Å². The van der Waals surface area contributed by atoms with E-state index in [0.717, 1.165) is 25.7 Å². The van der Waals surface area contributed by atoms with Gasteiger partial charge in [0, 0.05) is 19.3 Å². The fourth-order valence-corrected chi connectivity index (χ4v) is 7.53. The smallest absolute Gasteiger partial charge is 0.410 e. The third-order valence-electron chi connectivity index (χ3n) is 7.95. The number of sulfonamides is 1. The zero-order valence-electron chi connectivity index (χ0n) is 24.5. The molecule has 14 nitrogen and oxygen atoms in total. The molecule has 6 rings (SSSR count). The summed E-state index contributed by atoms with van der Waals surface area (Å²) in [7, 11) is -3.38. The van der Waals surface area contributed by atoms with Crippen molar-refractivity contribution in [1.82, 2.24) is 29.4 Å². The standard InChI is InChI=1S/C27H39ClN8O6S/c1-27(2,3)42-26(37)35-8-6-18(7-9-35)36-12-17(10-30-36)31-25-29-11-19(28)24(33-25)32-20-13-40-23-21(14-41-22(20)23)34-43(38,39)15-16-4-5-16/h10-12,16,18,20-23,34H,4-9,13-15H2,1-3H3,(H2,29,31,32,33)/t20-,21+,22?,23?/m1/s1. The van der Waals surface area contributed by atoms with Gasteiger partial charge >= 0.3 is 6.09 Å². The third kappa shape index (κ3) is 7.51. The Bertz CT molecular complexity index is 1420. The molecule has 0 radical (unpaired) electrons. The van der Waals surface area contributed by atoms with Crippen LogP contribution in [-0.2, 0) is 24.2 Å². The number of rotatable bonds is 9. The zero-order valence-corrected chi connectivity index (χ0v) is 26.1. The Kier molecular flexibility index (Phi) is 8.45. The van der Waals surface area contributed by atoms with Gasteiger partial charge in [-0.05, 0) is 52.4 Å². The van der Waals surface area contributed by atoms with Crippen LogP contribution in [0.1, 0.15) is 52.5 Å². The molecule has 2 aromatic heterocycles. The SMILES string of the molecule is CC(C)(C)OC(=O)N1CCC(n2cc(Nc3ncc(Cl)c(N[C@@H]4COC5C4OC[C@@H]5NS(=O)(=O)CC4CC4)n3)cn2)CC1. The quantitative estimate of drug-likeness (QED) is 0.370. The van der Waals surface area contributed by atoms with Gasteiger partial charge < -0.3 is 29.7 Å². The number of anilines is 3. The molecule has 1 aliphatic carbocycles. The number of nitrogens with zero attached hydrogens (tertiary/aromatic N) is 5. The summed E-state index contributed by atoms with van der Waals surface area (Å²) in [5.41, 5.74) is 0.195. The van der Waals surface area contributed by atoms with Crippen molar-refractivity contribution in [1.29, 1.82) is 0 Å². The molecule has 3 saturated heterocycles. The van der Waals surface area contributed by atoms with Gasteiger partial charge in [0.15, 0.2) is 5.82 Å². The summed E-state index contributed by atoms with van der Waals surface area (Å²) in [5.74, 6) is 1.16. The molecule has 5 heterocycles. The second kappa shape index (κ2) is 12.0. The number of ether oxygens (including phenoxy) is 3. The largest absolute Gasteiger partial charge is 0.444 e. The Hall–Kier alpha value is -2.72. The molecule has 3 N–H and O–H groups in total. The van der Waals surface area contributed by atoms with Gasteiger partial charge in [-0.1, -0.05) is 11.6 Å². The average Bonchev–Trinajstić information content (AvgIpc) is 3.29. The number of nitrogens with one attached hydrogen (secondary N) is 3. The van der Waals surface area contributed by atoms with E-state index in [1.54, 1.807) is 11.1 Å². The highest BCUT2D eigenvalue weighted by atomic mass is 35.5. The summed E-state index contributed by atoms with van der Waals surface area (Å²) in [6.45, 7) is 7.35. The van der Waals surface area contributed by atoms with Gasteiger partial charge in [-0.25, -0.2) is 22.9 Å². The average molecular weight is 639 g/mol. The predicted molar refractivity (Wildman–Crippen MR) is 159 cm³/mol. The first-order valence-electron chi connectivity index (χ1n) is 14.7.